The minimum absolute atomic E-state index is 0.240. The number of halogens is 2. The van der Waals surface area contributed by atoms with Crippen molar-refractivity contribution in [1.82, 2.24) is 4.90 Å². The van der Waals surface area contributed by atoms with Gasteiger partial charge < -0.3 is 4.90 Å². The van der Waals surface area contributed by atoms with E-state index < -0.39 is 24.8 Å². The van der Waals surface area contributed by atoms with Gasteiger partial charge in [0.1, 0.15) is 5.92 Å². The van der Waals surface area contributed by atoms with Crippen LogP contribution in [-0.4, -0.2) is 30.8 Å². The first kappa shape index (κ1) is 14.1. The molecule has 0 spiro atoms. The van der Waals surface area contributed by atoms with Crippen molar-refractivity contribution in [2.75, 3.05) is 13.6 Å². The van der Waals surface area contributed by atoms with Crippen molar-refractivity contribution < 1.29 is 13.6 Å². The Kier molecular flexibility index (Phi) is 5.25. The summed E-state index contributed by atoms with van der Waals surface area (Å²) < 4.78 is 24.3. The van der Waals surface area contributed by atoms with Gasteiger partial charge in [-0.2, -0.15) is 5.26 Å². The molecule has 0 aliphatic heterocycles. The summed E-state index contributed by atoms with van der Waals surface area (Å²) in [6.45, 7) is -0.647. The largest absolute Gasteiger partial charge is 0.339 e. The lowest BCUT2D eigenvalue weighted by Gasteiger charge is -2.19. The molecule has 3 nitrogen and oxygen atoms in total. The fourth-order valence-corrected chi connectivity index (χ4v) is 1.60. The summed E-state index contributed by atoms with van der Waals surface area (Å²) in [7, 11) is 1.28. The van der Waals surface area contributed by atoms with Crippen LogP contribution in [0.5, 0.6) is 0 Å². The molecule has 96 valence electrons. The maximum atomic E-state index is 12.2. The molecule has 1 aromatic carbocycles. The maximum Gasteiger partial charge on any atom is 0.255 e. The van der Waals surface area contributed by atoms with Gasteiger partial charge in [-0.05, 0) is 12.0 Å². The topological polar surface area (TPSA) is 44.1 Å². The minimum Gasteiger partial charge on any atom is -0.339 e. The number of nitriles is 1. The minimum atomic E-state index is -2.59. The third-order valence-electron chi connectivity index (χ3n) is 2.52. The van der Waals surface area contributed by atoms with Crippen LogP contribution in [0.3, 0.4) is 0 Å². The van der Waals surface area contributed by atoms with Crippen LogP contribution < -0.4 is 0 Å². The van der Waals surface area contributed by atoms with Gasteiger partial charge in [0, 0.05) is 7.05 Å². The molecule has 0 saturated carbocycles. The maximum absolute atomic E-state index is 12.2. The molecule has 5 heteroatoms. The van der Waals surface area contributed by atoms with Crippen LogP contribution in [0.15, 0.2) is 30.3 Å². The zero-order valence-electron chi connectivity index (χ0n) is 10.0. The Hall–Kier alpha value is -1.96. The number of amides is 1. The molecule has 1 atom stereocenters. The number of nitrogens with zero attached hydrogens (tertiary/aromatic N) is 2. The normalized spacial score (nSPS) is 11.9. The van der Waals surface area contributed by atoms with Crippen molar-refractivity contribution in [2.45, 2.75) is 12.8 Å². The predicted molar refractivity (Wildman–Crippen MR) is 62.9 cm³/mol. The number of carbonyl (C=O) groups excluding carboxylic acids is 1. The van der Waals surface area contributed by atoms with E-state index in [1.54, 1.807) is 24.3 Å². The summed E-state index contributed by atoms with van der Waals surface area (Å²) in [6.07, 6.45) is -2.35. The lowest BCUT2D eigenvalue weighted by atomic mass is 9.99. The molecule has 18 heavy (non-hydrogen) atoms. The van der Waals surface area contributed by atoms with E-state index in [2.05, 4.69) is 0 Å². The molecule has 1 rings (SSSR count). The summed E-state index contributed by atoms with van der Waals surface area (Å²) in [5.41, 5.74) is 0.836. The van der Waals surface area contributed by atoms with Crippen LogP contribution in [0.1, 0.15) is 5.56 Å². The van der Waals surface area contributed by atoms with Gasteiger partial charge in [0.2, 0.25) is 5.91 Å². The molecular formula is C13H14F2N2O. The molecule has 0 N–H and O–H groups in total. The van der Waals surface area contributed by atoms with Gasteiger partial charge in [0.05, 0.1) is 12.6 Å². The Morgan fingerprint density at radius 2 is 2.00 bits per heavy atom. The zero-order chi connectivity index (χ0) is 13.5. The highest BCUT2D eigenvalue weighted by Crippen LogP contribution is 2.11. The number of alkyl halides is 2. The summed E-state index contributed by atoms with van der Waals surface area (Å²) in [4.78, 5) is 12.7. The van der Waals surface area contributed by atoms with Crippen LogP contribution in [-0.2, 0) is 11.2 Å². The van der Waals surface area contributed by atoms with E-state index in [4.69, 9.17) is 5.26 Å². The van der Waals surface area contributed by atoms with Crippen LogP contribution >= 0.6 is 0 Å². The SMILES string of the molecule is CN(CC(F)F)C(=O)C(C#N)Cc1ccccc1. The van der Waals surface area contributed by atoms with Gasteiger partial charge in [-0.15, -0.1) is 0 Å². The Morgan fingerprint density at radius 3 is 2.50 bits per heavy atom. The average Bonchev–Trinajstić information content (AvgIpc) is 2.35. The van der Waals surface area contributed by atoms with E-state index in [0.29, 0.717) is 0 Å². The Balaban J connectivity index is 2.67. The number of rotatable bonds is 5. The van der Waals surface area contributed by atoms with Crippen molar-refractivity contribution >= 4 is 5.91 Å². The van der Waals surface area contributed by atoms with Crippen LogP contribution in [0.25, 0.3) is 0 Å². The van der Waals surface area contributed by atoms with Gasteiger partial charge in [-0.1, -0.05) is 30.3 Å². The van der Waals surface area contributed by atoms with Crippen molar-refractivity contribution in [3.63, 3.8) is 0 Å². The highest BCUT2D eigenvalue weighted by atomic mass is 19.3. The number of carbonyl (C=O) groups is 1. The molecule has 0 saturated heterocycles. The van der Waals surface area contributed by atoms with Gasteiger partial charge in [0.25, 0.3) is 6.43 Å². The van der Waals surface area contributed by atoms with Crippen molar-refractivity contribution in [3.8, 4) is 6.07 Å². The van der Waals surface area contributed by atoms with E-state index in [-0.39, 0.29) is 6.42 Å². The lowest BCUT2D eigenvalue weighted by molar-refractivity contribution is -0.134. The third-order valence-corrected chi connectivity index (χ3v) is 2.52. The summed E-state index contributed by atoms with van der Waals surface area (Å²) in [5.74, 6) is -1.49. The highest BCUT2D eigenvalue weighted by Gasteiger charge is 2.23. The van der Waals surface area contributed by atoms with Gasteiger partial charge >= 0.3 is 0 Å². The van der Waals surface area contributed by atoms with E-state index in [1.165, 1.54) is 7.05 Å². The zero-order valence-corrected chi connectivity index (χ0v) is 10.0. The fourth-order valence-electron chi connectivity index (χ4n) is 1.60. The van der Waals surface area contributed by atoms with Crippen LogP contribution in [0, 0.1) is 17.2 Å². The van der Waals surface area contributed by atoms with E-state index in [9.17, 15) is 13.6 Å². The second-order valence-electron chi connectivity index (χ2n) is 3.98. The lowest BCUT2D eigenvalue weighted by Crippen LogP contribution is -2.36. The first-order chi connectivity index (χ1) is 8.54. The van der Waals surface area contributed by atoms with Gasteiger partial charge in [-0.3, -0.25) is 4.79 Å². The summed E-state index contributed by atoms with van der Waals surface area (Å²) in [6, 6.07) is 10.9. The number of hydrogen-bond donors (Lipinski definition) is 0. The van der Waals surface area contributed by atoms with Gasteiger partial charge in [0.15, 0.2) is 0 Å². The number of benzene rings is 1. The first-order valence-corrected chi connectivity index (χ1v) is 5.51. The molecule has 0 aromatic heterocycles. The molecular weight excluding hydrogens is 238 g/mol. The molecule has 0 aliphatic rings. The van der Waals surface area contributed by atoms with Crippen molar-refractivity contribution in [3.05, 3.63) is 35.9 Å². The Labute approximate surface area is 105 Å². The van der Waals surface area contributed by atoms with Gasteiger partial charge in [-0.25, -0.2) is 8.78 Å². The fraction of sp³-hybridized carbons (Fsp3) is 0.385. The van der Waals surface area contributed by atoms with Crippen molar-refractivity contribution in [1.29, 1.82) is 5.26 Å². The third kappa shape index (κ3) is 4.13. The van der Waals surface area contributed by atoms with E-state index in [1.807, 2.05) is 12.1 Å². The molecule has 1 aromatic rings. The Morgan fingerprint density at radius 1 is 1.39 bits per heavy atom. The second kappa shape index (κ2) is 6.70. The Bertz CT molecular complexity index is 428. The molecule has 0 bridgehead atoms. The smallest absolute Gasteiger partial charge is 0.255 e. The highest BCUT2D eigenvalue weighted by molar-refractivity contribution is 5.81. The monoisotopic (exact) mass is 252 g/mol. The van der Waals surface area contributed by atoms with Crippen LogP contribution in [0.4, 0.5) is 8.78 Å². The molecule has 0 fully saturated rings. The van der Waals surface area contributed by atoms with Crippen LogP contribution in [0.2, 0.25) is 0 Å². The standard InChI is InChI=1S/C13H14F2N2O/c1-17(9-12(14)15)13(18)11(8-16)7-10-5-3-2-4-6-10/h2-6,11-12H,7,9H2,1H3. The molecule has 0 radical (unpaired) electrons. The van der Waals surface area contributed by atoms with E-state index >= 15 is 0 Å². The second-order valence-corrected chi connectivity index (χ2v) is 3.98. The number of hydrogen-bond acceptors (Lipinski definition) is 2. The summed E-state index contributed by atoms with van der Waals surface area (Å²) >= 11 is 0. The molecule has 1 unspecified atom stereocenters. The van der Waals surface area contributed by atoms with Crippen molar-refractivity contribution in [2.24, 2.45) is 5.92 Å². The first-order valence-electron chi connectivity index (χ1n) is 5.51. The molecule has 0 heterocycles. The average molecular weight is 252 g/mol. The quantitative estimate of drug-likeness (QED) is 0.805. The predicted octanol–water partition coefficient (Wildman–Crippen LogP) is 2.09. The van der Waals surface area contributed by atoms with E-state index in [0.717, 1.165) is 10.5 Å². The molecule has 1 amide bonds. The summed E-state index contributed by atoms with van der Waals surface area (Å²) in [5, 5.41) is 8.96. The molecule has 0 aliphatic carbocycles.